The molecule has 92 valence electrons. The van der Waals surface area contributed by atoms with E-state index >= 15 is 0 Å². The summed E-state index contributed by atoms with van der Waals surface area (Å²) in [6, 6.07) is 0.395. The number of nitrogens with zero attached hydrogens (tertiary/aromatic N) is 1. The van der Waals surface area contributed by atoms with Crippen LogP contribution < -0.4 is 5.32 Å². The topological polar surface area (TPSA) is 34.2 Å². The first-order valence-electron chi connectivity index (χ1n) is 5.86. The zero-order chi connectivity index (χ0) is 12.0. The number of ether oxygens (including phenoxy) is 1. The fourth-order valence-corrected chi connectivity index (χ4v) is 2.36. The SMILES string of the molecule is Cc1ncsc1C(C)NCCCOC(C)C. The normalized spacial score (nSPS) is 13.3. The van der Waals surface area contributed by atoms with E-state index in [1.165, 1.54) is 4.88 Å². The first kappa shape index (κ1) is 13.6. The van der Waals surface area contributed by atoms with Gasteiger partial charge in [-0.3, -0.25) is 0 Å². The standard InChI is InChI=1S/C12H22N2OS/c1-9(2)15-7-5-6-13-10(3)12-11(4)14-8-16-12/h8-10,13H,5-7H2,1-4H3. The number of nitrogens with one attached hydrogen (secondary N) is 1. The molecule has 1 N–H and O–H groups in total. The van der Waals surface area contributed by atoms with Crippen LogP contribution in [0.4, 0.5) is 0 Å². The monoisotopic (exact) mass is 242 g/mol. The first-order chi connectivity index (χ1) is 7.61. The zero-order valence-electron chi connectivity index (χ0n) is 10.6. The molecule has 1 rings (SSSR count). The maximum absolute atomic E-state index is 5.49. The summed E-state index contributed by atoms with van der Waals surface area (Å²) in [7, 11) is 0. The summed E-state index contributed by atoms with van der Waals surface area (Å²) in [5.41, 5.74) is 3.05. The van der Waals surface area contributed by atoms with Crippen LogP contribution in [0.25, 0.3) is 0 Å². The first-order valence-corrected chi connectivity index (χ1v) is 6.74. The average molecular weight is 242 g/mol. The van der Waals surface area contributed by atoms with Crippen LogP contribution in [-0.2, 0) is 4.74 Å². The van der Waals surface area contributed by atoms with Crippen LogP contribution >= 0.6 is 11.3 Å². The second-order valence-corrected chi connectivity index (χ2v) is 5.14. The lowest BCUT2D eigenvalue weighted by molar-refractivity contribution is 0.0768. The molecule has 1 aromatic rings. The van der Waals surface area contributed by atoms with E-state index in [1.807, 2.05) is 5.51 Å². The van der Waals surface area contributed by atoms with E-state index in [9.17, 15) is 0 Å². The largest absolute Gasteiger partial charge is 0.379 e. The van der Waals surface area contributed by atoms with Crippen molar-refractivity contribution in [3.05, 3.63) is 16.1 Å². The van der Waals surface area contributed by atoms with Gasteiger partial charge in [-0.25, -0.2) is 4.98 Å². The van der Waals surface area contributed by atoms with Crippen molar-refractivity contribution in [2.75, 3.05) is 13.2 Å². The average Bonchev–Trinajstić information content (AvgIpc) is 2.63. The quantitative estimate of drug-likeness (QED) is 0.747. The zero-order valence-corrected chi connectivity index (χ0v) is 11.4. The molecule has 3 nitrogen and oxygen atoms in total. The highest BCUT2D eigenvalue weighted by Crippen LogP contribution is 2.20. The van der Waals surface area contributed by atoms with Crippen LogP contribution in [-0.4, -0.2) is 24.2 Å². The van der Waals surface area contributed by atoms with Gasteiger partial charge in [0.15, 0.2) is 0 Å². The van der Waals surface area contributed by atoms with E-state index in [0.717, 1.165) is 25.3 Å². The smallest absolute Gasteiger partial charge is 0.0798 e. The Bertz CT molecular complexity index is 299. The van der Waals surface area contributed by atoms with Gasteiger partial charge < -0.3 is 10.1 Å². The molecular formula is C12H22N2OS. The lowest BCUT2D eigenvalue weighted by Gasteiger charge is -2.13. The summed E-state index contributed by atoms with van der Waals surface area (Å²) >= 11 is 1.72. The van der Waals surface area contributed by atoms with Crippen molar-refractivity contribution >= 4 is 11.3 Å². The second kappa shape index (κ2) is 6.99. The second-order valence-electron chi connectivity index (χ2n) is 4.25. The van der Waals surface area contributed by atoms with Gasteiger partial charge in [-0.15, -0.1) is 11.3 Å². The van der Waals surface area contributed by atoms with Crippen LogP contribution in [0.3, 0.4) is 0 Å². The molecule has 0 saturated carbocycles. The van der Waals surface area contributed by atoms with E-state index < -0.39 is 0 Å². The lowest BCUT2D eigenvalue weighted by atomic mass is 10.2. The van der Waals surface area contributed by atoms with Crippen molar-refractivity contribution in [3.63, 3.8) is 0 Å². The van der Waals surface area contributed by atoms with Crippen LogP contribution in [0.2, 0.25) is 0 Å². The van der Waals surface area contributed by atoms with Gasteiger partial charge in [0.25, 0.3) is 0 Å². The highest BCUT2D eigenvalue weighted by Gasteiger charge is 2.09. The molecule has 0 bridgehead atoms. The predicted octanol–water partition coefficient (Wildman–Crippen LogP) is 2.92. The molecule has 0 saturated heterocycles. The number of aryl methyl sites for hydroxylation is 1. The van der Waals surface area contributed by atoms with Crippen molar-refractivity contribution < 1.29 is 4.74 Å². The van der Waals surface area contributed by atoms with Crippen molar-refractivity contribution in [1.82, 2.24) is 10.3 Å². The van der Waals surface area contributed by atoms with Crippen LogP contribution in [0.15, 0.2) is 5.51 Å². The number of thiazole rings is 1. The maximum Gasteiger partial charge on any atom is 0.0798 e. The highest BCUT2D eigenvalue weighted by molar-refractivity contribution is 7.09. The summed E-state index contributed by atoms with van der Waals surface area (Å²) in [6.07, 6.45) is 1.39. The molecule has 1 heterocycles. The van der Waals surface area contributed by atoms with Gasteiger partial charge in [-0.05, 0) is 40.7 Å². The highest BCUT2D eigenvalue weighted by atomic mass is 32.1. The molecule has 0 fully saturated rings. The van der Waals surface area contributed by atoms with Gasteiger partial charge in [0.1, 0.15) is 0 Å². The van der Waals surface area contributed by atoms with E-state index in [1.54, 1.807) is 11.3 Å². The predicted molar refractivity (Wildman–Crippen MR) is 69.0 cm³/mol. The molecule has 1 unspecified atom stereocenters. The number of aromatic nitrogens is 1. The molecule has 0 aliphatic rings. The fraction of sp³-hybridized carbons (Fsp3) is 0.750. The summed E-state index contributed by atoms with van der Waals surface area (Å²) in [4.78, 5) is 5.60. The Hall–Kier alpha value is -0.450. The molecule has 0 aliphatic carbocycles. The molecule has 0 amide bonds. The molecule has 0 aliphatic heterocycles. The number of rotatable bonds is 7. The van der Waals surface area contributed by atoms with Gasteiger partial charge in [-0.1, -0.05) is 0 Å². The Morgan fingerprint density at radius 2 is 2.19 bits per heavy atom. The minimum Gasteiger partial charge on any atom is -0.379 e. The third-order valence-corrected chi connectivity index (χ3v) is 3.51. The molecular weight excluding hydrogens is 220 g/mol. The molecule has 0 aromatic carbocycles. The summed E-state index contributed by atoms with van der Waals surface area (Å²) in [5.74, 6) is 0. The number of hydrogen-bond donors (Lipinski definition) is 1. The van der Waals surface area contributed by atoms with Crippen molar-refractivity contribution in [2.45, 2.75) is 46.3 Å². The Morgan fingerprint density at radius 1 is 1.44 bits per heavy atom. The van der Waals surface area contributed by atoms with Crippen molar-refractivity contribution in [2.24, 2.45) is 0 Å². The molecule has 0 spiro atoms. The van der Waals surface area contributed by atoms with Gasteiger partial charge in [0.2, 0.25) is 0 Å². The maximum atomic E-state index is 5.49. The van der Waals surface area contributed by atoms with Crippen LogP contribution in [0, 0.1) is 6.92 Å². The molecule has 16 heavy (non-hydrogen) atoms. The van der Waals surface area contributed by atoms with Gasteiger partial charge in [0.05, 0.1) is 17.3 Å². The van der Waals surface area contributed by atoms with Crippen molar-refractivity contribution in [3.8, 4) is 0 Å². The summed E-state index contributed by atoms with van der Waals surface area (Å²) in [6.45, 7) is 10.2. The third kappa shape index (κ3) is 4.60. The lowest BCUT2D eigenvalue weighted by Crippen LogP contribution is -2.21. The van der Waals surface area contributed by atoms with Gasteiger partial charge >= 0.3 is 0 Å². The van der Waals surface area contributed by atoms with E-state index in [4.69, 9.17) is 4.74 Å². The van der Waals surface area contributed by atoms with E-state index in [2.05, 4.69) is 38.0 Å². The van der Waals surface area contributed by atoms with Crippen LogP contribution in [0.5, 0.6) is 0 Å². The Morgan fingerprint density at radius 3 is 2.75 bits per heavy atom. The Labute approximate surface area is 102 Å². The minimum absolute atomic E-state index is 0.334. The summed E-state index contributed by atoms with van der Waals surface area (Å²) < 4.78 is 5.49. The Balaban J connectivity index is 2.16. The third-order valence-electron chi connectivity index (χ3n) is 2.40. The molecule has 1 aromatic heterocycles. The molecule has 4 heteroatoms. The van der Waals surface area contributed by atoms with Gasteiger partial charge in [0, 0.05) is 17.5 Å². The minimum atomic E-state index is 0.334. The molecule has 1 atom stereocenters. The van der Waals surface area contributed by atoms with Crippen LogP contribution in [0.1, 0.15) is 43.8 Å². The Kier molecular flexibility index (Phi) is 5.95. The van der Waals surface area contributed by atoms with Gasteiger partial charge in [-0.2, -0.15) is 0 Å². The van der Waals surface area contributed by atoms with E-state index in [0.29, 0.717) is 12.1 Å². The van der Waals surface area contributed by atoms with Crippen molar-refractivity contribution in [1.29, 1.82) is 0 Å². The van der Waals surface area contributed by atoms with E-state index in [-0.39, 0.29) is 0 Å². The number of hydrogen-bond acceptors (Lipinski definition) is 4. The molecule has 0 radical (unpaired) electrons. The fourth-order valence-electron chi connectivity index (χ4n) is 1.53. The summed E-state index contributed by atoms with van der Waals surface area (Å²) in [5, 5.41) is 3.49.